The first-order valence-corrected chi connectivity index (χ1v) is 4.12. The molecule has 2 atom stereocenters. The highest BCUT2D eigenvalue weighted by molar-refractivity contribution is 5.43. The monoisotopic (exact) mass is 179 g/mol. The lowest BCUT2D eigenvalue weighted by Crippen LogP contribution is -2.14. The molecule has 2 aliphatic rings. The van der Waals surface area contributed by atoms with Crippen molar-refractivity contribution in [1.82, 2.24) is 5.06 Å². The number of fused-ring (bicyclic) bond motifs is 3. The van der Waals surface area contributed by atoms with Crippen LogP contribution in [0.15, 0.2) is 18.2 Å². The summed E-state index contributed by atoms with van der Waals surface area (Å²) in [6.07, 6.45) is 0.0823. The Morgan fingerprint density at radius 1 is 1.54 bits per heavy atom. The molecule has 0 amide bonds. The first-order valence-electron chi connectivity index (χ1n) is 4.12. The van der Waals surface area contributed by atoms with Crippen LogP contribution in [0.3, 0.4) is 0 Å². The Morgan fingerprint density at radius 2 is 2.46 bits per heavy atom. The van der Waals surface area contributed by atoms with E-state index in [1.165, 1.54) is 0 Å². The van der Waals surface area contributed by atoms with Gasteiger partial charge in [0, 0.05) is 5.56 Å². The Kier molecular flexibility index (Phi) is 1.31. The lowest BCUT2D eigenvalue weighted by atomic mass is 10.1. The summed E-state index contributed by atoms with van der Waals surface area (Å²) in [6, 6.07) is 5.74. The number of nitrogens with zero attached hydrogens (tertiary/aromatic N) is 1. The fourth-order valence-corrected chi connectivity index (χ4v) is 1.52. The van der Waals surface area contributed by atoms with Gasteiger partial charge in [-0.25, -0.2) is 0 Å². The Bertz CT molecular complexity index is 353. The van der Waals surface area contributed by atoms with Crippen LogP contribution in [0, 0.1) is 0 Å². The lowest BCUT2D eigenvalue weighted by Gasteiger charge is -2.14. The van der Waals surface area contributed by atoms with Crippen LogP contribution in [-0.2, 0) is 4.84 Å². The van der Waals surface area contributed by atoms with Crippen LogP contribution < -0.4 is 9.47 Å². The molecule has 1 fully saturated rings. The van der Waals surface area contributed by atoms with Crippen LogP contribution in [-0.4, -0.2) is 18.9 Å². The topological polar surface area (TPSA) is 34.0 Å². The molecule has 1 aromatic rings. The van der Waals surface area contributed by atoms with Gasteiger partial charge in [0.25, 0.3) is 0 Å². The molecule has 4 nitrogen and oxygen atoms in total. The normalized spacial score (nSPS) is 28.4. The third-order valence-corrected chi connectivity index (χ3v) is 2.28. The summed E-state index contributed by atoms with van der Waals surface area (Å²) >= 11 is 0. The van der Waals surface area contributed by atoms with Crippen molar-refractivity contribution in [3.05, 3.63) is 23.8 Å². The maximum atomic E-state index is 5.42. The largest absolute Gasteiger partial charge is 0.497 e. The fraction of sp³-hybridized carbons (Fsp3) is 0.333. The maximum absolute atomic E-state index is 5.42. The van der Waals surface area contributed by atoms with Gasteiger partial charge in [0.15, 0.2) is 13.0 Å². The highest BCUT2D eigenvalue weighted by atomic mass is 16.9. The molecule has 2 aliphatic heterocycles. The summed E-state index contributed by atoms with van der Waals surface area (Å²) in [5.74, 6) is 1.72. The van der Waals surface area contributed by atoms with E-state index in [0.29, 0.717) is 6.73 Å². The van der Waals surface area contributed by atoms with E-state index in [2.05, 4.69) is 0 Å². The maximum Gasteiger partial charge on any atom is 0.187 e. The van der Waals surface area contributed by atoms with Crippen LogP contribution in [0.5, 0.6) is 11.5 Å². The van der Waals surface area contributed by atoms with Gasteiger partial charge >= 0.3 is 0 Å². The fourth-order valence-electron chi connectivity index (χ4n) is 1.52. The van der Waals surface area contributed by atoms with Crippen molar-refractivity contribution < 1.29 is 14.3 Å². The summed E-state index contributed by atoms with van der Waals surface area (Å²) in [4.78, 5) is 5.26. The van der Waals surface area contributed by atoms with Gasteiger partial charge in [-0.3, -0.25) is 4.84 Å². The molecule has 0 aliphatic carbocycles. The van der Waals surface area contributed by atoms with Crippen molar-refractivity contribution in [2.75, 3.05) is 13.8 Å². The zero-order chi connectivity index (χ0) is 8.84. The quantitative estimate of drug-likeness (QED) is 0.608. The molecule has 2 unspecified atom stereocenters. The standard InChI is InChI=1S/C9H9NO3/c1-11-6-2-3-8-7(4-6)9-10(13-9)5-12-8/h2-4,9H,5H2,1H3. The Labute approximate surface area is 75.6 Å². The minimum atomic E-state index is 0.0823. The van der Waals surface area contributed by atoms with Gasteiger partial charge in [0.1, 0.15) is 11.5 Å². The van der Waals surface area contributed by atoms with Gasteiger partial charge in [0.05, 0.1) is 7.11 Å². The van der Waals surface area contributed by atoms with Crippen molar-refractivity contribution >= 4 is 0 Å². The highest BCUT2D eigenvalue weighted by Crippen LogP contribution is 2.45. The summed E-state index contributed by atoms with van der Waals surface area (Å²) in [6.45, 7) is 0.518. The second kappa shape index (κ2) is 2.37. The number of methoxy groups -OCH3 is 1. The van der Waals surface area contributed by atoms with E-state index in [9.17, 15) is 0 Å². The number of hydrogen-bond donors (Lipinski definition) is 0. The highest BCUT2D eigenvalue weighted by Gasteiger charge is 2.44. The van der Waals surface area contributed by atoms with Crippen molar-refractivity contribution in [2.24, 2.45) is 0 Å². The van der Waals surface area contributed by atoms with Gasteiger partial charge < -0.3 is 9.47 Å². The molecule has 0 bridgehead atoms. The molecule has 2 heterocycles. The van der Waals surface area contributed by atoms with Gasteiger partial charge in [0.2, 0.25) is 0 Å². The van der Waals surface area contributed by atoms with Gasteiger partial charge in [-0.05, 0) is 18.2 Å². The minimum Gasteiger partial charge on any atom is -0.497 e. The SMILES string of the molecule is COc1ccc2c(c1)C1ON1CO2. The van der Waals surface area contributed by atoms with Crippen LogP contribution in [0.4, 0.5) is 0 Å². The zero-order valence-electron chi connectivity index (χ0n) is 7.19. The van der Waals surface area contributed by atoms with E-state index in [4.69, 9.17) is 14.3 Å². The number of ether oxygens (including phenoxy) is 2. The van der Waals surface area contributed by atoms with Crippen LogP contribution in [0.1, 0.15) is 11.8 Å². The minimum absolute atomic E-state index is 0.0823. The van der Waals surface area contributed by atoms with Crippen molar-refractivity contribution in [1.29, 1.82) is 0 Å². The number of rotatable bonds is 1. The van der Waals surface area contributed by atoms with E-state index in [0.717, 1.165) is 17.1 Å². The van der Waals surface area contributed by atoms with Gasteiger partial charge in [-0.1, -0.05) is 0 Å². The van der Waals surface area contributed by atoms with Gasteiger partial charge in [-0.15, -0.1) is 5.06 Å². The zero-order valence-corrected chi connectivity index (χ0v) is 7.19. The average molecular weight is 179 g/mol. The Balaban J connectivity index is 2.06. The second-order valence-corrected chi connectivity index (χ2v) is 3.05. The average Bonchev–Trinajstić information content (AvgIpc) is 2.96. The molecule has 0 saturated carbocycles. The van der Waals surface area contributed by atoms with Crippen molar-refractivity contribution in [2.45, 2.75) is 6.23 Å². The molecular formula is C9H9NO3. The molecule has 4 heteroatoms. The van der Waals surface area contributed by atoms with Crippen LogP contribution in [0.25, 0.3) is 0 Å². The van der Waals surface area contributed by atoms with E-state index < -0.39 is 0 Å². The number of benzene rings is 1. The van der Waals surface area contributed by atoms with E-state index in [-0.39, 0.29) is 6.23 Å². The molecular weight excluding hydrogens is 170 g/mol. The molecule has 0 radical (unpaired) electrons. The second-order valence-electron chi connectivity index (χ2n) is 3.05. The molecule has 13 heavy (non-hydrogen) atoms. The Morgan fingerprint density at radius 3 is 3.31 bits per heavy atom. The summed E-state index contributed by atoms with van der Waals surface area (Å²) < 4.78 is 10.5. The van der Waals surface area contributed by atoms with Gasteiger partial charge in [-0.2, -0.15) is 0 Å². The molecule has 1 aromatic carbocycles. The first kappa shape index (κ1) is 7.17. The molecule has 0 spiro atoms. The summed E-state index contributed by atoms with van der Waals surface area (Å²) in [5.41, 5.74) is 1.05. The predicted molar refractivity (Wildman–Crippen MR) is 44.2 cm³/mol. The molecule has 68 valence electrons. The van der Waals surface area contributed by atoms with E-state index in [1.54, 1.807) is 12.2 Å². The number of hydrogen-bond acceptors (Lipinski definition) is 4. The summed E-state index contributed by atoms with van der Waals surface area (Å²) in [7, 11) is 1.65. The molecule has 1 saturated heterocycles. The molecule has 0 aromatic heterocycles. The van der Waals surface area contributed by atoms with E-state index in [1.807, 2.05) is 18.2 Å². The van der Waals surface area contributed by atoms with Crippen molar-refractivity contribution in [3.63, 3.8) is 0 Å². The smallest absolute Gasteiger partial charge is 0.187 e. The third kappa shape index (κ3) is 0.993. The molecule has 3 rings (SSSR count). The van der Waals surface area contributed by atoms with Crippen LogP contribution >= 0.6 is 0 Å². The Hall–Kier alpha value is -1.26. The predicted octanol–water partition coefficient (Wildman–Crippen LogP) is 1.29. The number of hydroxylamine groups is 2. The third-order valence-electron chi connectivity index (χ3n) is 2.28. The summed E-state index contributed by atoms with van der Waals surface area (Å²) in [5, 5.41) is 1.78. The lowest BCUT2D eigenvalue weighted by molar-refractivity contribution is 0.0983. The molecule has 0 N–H and O–H groups in total. The van der Waals surface area contributed by atoms with Crippen molar-refractivity contribution in [3.8, 4) is 11.5 Å². The van der Waals surface area contributed by atoms with Crippen LogP contribution in [0.2, 0.25) is 0 Å². The first-order chi connectivity index (χ1) is 6.38. The van der Waals surface area contributed by atoms with E-state index >= 15 is 0 Å².